The summed E-state index contributed by atoms with van der Waals surface area (Å²) in [5.74, 6) is -1.16. The van der Waals surface area contributed by atoms with Gasteiger partial charge in [0.1, 0.15) is 12.5 Å². The third kappa shape index (κ3) is 4.12. The highest BCUT2D eigenvalue weighted by atomic mass is 32.2. The second-order valence-corrected chi connectivity index (χ2v) is 8.59. The zero-order valence-electron chi connectivity index (χ0n) is 17.3. The molecule has 0 bridgehead atoms. The van der Waals surface area contributed by atoms with E-state index < -0.39 is 5.92 Å². The van der Waals surface area contributed by atoms with Crippen LogP contribution < -0.4 is 0 Å². The van der Waals surface area contributed by atoms with Gasteiger partial charge in [0.2, 0.25) is 0 Å². The fourth-order valence-corrected chi connectivity index (χ4v) is 4.71. The number of aliphatic imine (C=N–C) groups is 1. The van der Waals surface area contributed by atoms with Crippen molar-refractivity contribution >= 4 is 29.2 Å². The van der Waals surface area contributed by atoms with Crippen molar-refractivity contribution in [2.75, 3.05) is 6.26 Å². The molecule has 154 valence electrons. The maximum atomic E-state index is 13.2. The van der Waals surface area contributed by atoms with Gasteiger partial charge in [0.15, 0.2) is 5.78 Å². The van der Waals surface area contributed by atoms with Crippen molar-refractivity contribution in [1.29, 1.82) is 0 Å². The SMILES string of the molecule is CSc1ccc([C@@H]2C3=C(CCCC3=O)N=C(C)C2C(=O)OCc2ccccc2)cc1. The molecule has 0 radical (unpaired) electrons. The van der Waals surface area contributed by atoms with Crippen LogP contribution in [-0.4, -0.2) is 23.7 Å². The number of thioether (sulfide) groups is 1. The first kappa shape index (κ1) is 20.6. The van der Waals surface area contributed by atoms with Gasteiger partial charge in [-0.1, -0.05) is 42.5 Å². The van der Waals surface area contributed by atoms with E-state index in [0.717, 1.165) is 40.3 Å². The minimum atomic E-state index is -0.588. The van der Waals surface area contributed by atoms with Gasteiger partial charge in [-0.25, -0.2) is 0 Å². The van der Waals surface area contributed by atoms with E-state index in [1.54, 1.807) is 11.8 Å². The summed E-state index contributed by atoms with van der Waals surface area (Å²) in [6.07, 6.45) is 4.14. The first-order valence-corrected chi connectivity index (χ1v) is 11.5. The Morgan fingerprint density at radius 2 is 1.83 bits per heavy atom. The van der Waals surface area contributed by atoms with Crippen LogP contribution in [0.2, 0.25) is 0 Å². The normalized spacial score (nSPS) is 21.1. The van der Waals surface area contributed by atoms with E-state index >= 15 is 0 Å². The standard InChI is InChI=1S/C25H25NO3S/c1-16-22(25(28)29-15-17-7-4-3-5-8-17)23(18-11-13-19(30-2)14-12-18)24-20(26-16)9-6-10-21(24)27/h3-5,7-8,11-14,22-23H,6,9-10,15H2,1-2H3/t22?,23-/m0/s1. The number of Topliss-reactive ketones (excluding diaryl/α,β-unsaturated/α-hetero) is 1. The molecule has 4 nitrogen and oxygen atoms in total. The van der Waals surface area contributed by atoms with Gasteiger partial charge < -0.3 is 4.74 Å². The smallest absolute Gasteiger partial charge is 0.315 e. The van der Waals surface area contributed by atoms with Crippen LogP contribution in [0.1, 0.15) is 43.2 Å². The van der Waals surface area contributed by atoms with Crippen LogP contribution in [0.3, 0.4) is 0 Å². The van der Waals surface area contributed by atoms with E-state index in [-0.39, 0.29) is 24.3 Å². The third-order valence-electron chi connectivity index (χ3n) is 5.79. The molecule has 30 heavy (non-hydrogen) atoms. The summed E-state index contributed by atoms with van der Waals surface area (Å²) in [6, 6.07) is 17.8. The molecule has 0 saturated carbocycles. The Morgan fingerprint density at radius 1 is 1.10 bits per heavy atom. The number of carbonyl (C=O) groups excluding carboxylic acids is 2. The lowest BCUT2D eigenvalue weighted by Crippen LogP contribution is -2.37. The van der Waals surface area contributed by atoms with E-state index in [1.165, 1.54) is 0 Å². The van der Waals surface area contributed by atoms with Crippen LogP contribution in [0, 0.1) is 5.92 Å². The Balaban J connectivity index is 1.69. The number of rotatable bonds is 5. The van der Waals surface area contributed by atoms with Crippen molar-refractivity contribution < 1.29 is 14.3 Å². The minimum Gasteiger partial charge on any atom is -0.460 e. The molecule has 0 amide bonds. The van der Waals surface area contributed by atoms with Gasteiger partial charge in [0.25, 0.3) is 0 Å². The lowest BCUT2D eigenvalue weighted by atomic mass is 9.72. The summed E-state index contributed by atoms with van der Waals surface area (Å²) in [5.41, 5.74) is 4.16. The predicted molar refractivity (Wildman–Crippen MR) is 120 cm³/mol. The number of hydrogen-bond acceptors (Lipinski definition) is 5. The Kier molecular flexibility index (Phi) is 6.18. The molecule has 5 heteroatoms. The summed E-state index contributed by atoms with van der Waals surface area (Å²) in [4.78, 5) is 32.0. The first-order chi connectivity index (χ1) is 14.6. The first-order valence-electron chi connectivity index (χ1n) is 10.2. The van der Waals surface area contributed by atoms with Crippen molar-refractivity contribution in [3.05, 3.63) is 77.0 Å². The van der Waals surface area contributed by atoms with Gasteiger partial charge in [-0.2, -0.15) is 0 Å². The van der Waals surface area contributed by atoms with Crippen molar-refractivity contribution in [2.24, 2.45) is 10.9 Å². The number of hydrogen-bond donors (Lipinski definition) is 0. The lowest BCUT2D eigenvalue weighted by Gasteiger charge is -2.34. The highest BCUT2D eigenvalue weighted by molar-refractivity contribution is 7.98. The van der Waals surface area contributed by atoms with Crippen LogP contribution >= 0.6 is 11.8 Å². The number of ketones is 1. The van der Waals surface area contributed by atoms with Gasteiger partial charge in [0.05, 0.1) is 0 Å². The van der Waals surface area contributed by atoms with Crippen molar-refractivity contribution in [1.82, 2.24) is 0 Å². The molecule has 2 atom stereocenters. The number of allylic oxidation sites excluding steroid dienone is 2. The highest BCUT2D eigenvalue weighted by Crippen LogP contribution is 2.43. The van der Waals surface area contributed by atoms with E-state index in [2.05, 4.69) is 0 Å². The van der Waals surface area contributed by atoms with Gasteiger partial charge in [-0.15, -0.1) is 11.8 Å². The summed E-state index contributed by atoms with van der Waals surface area (Å²) in [7, 11) is 0. The zero-order chi connectivity index (χ0) is 21.1. The van der Waals surface area contributed by atoms with Crippen LogP contribution in [-0.2, 0) is 20.9 Å². The van der Waals surface area contributed by atoms with Crippen molar-refractivity contribution in [3.63, 3.8) is 0 Å². The summed E-state index contributed by atoms with van der Waals surface area (Å²) >= 11 is 1.67. The molecule has 1 aliphatic carbocycles. The van der Waals surface area contributed by atoms with Crippen LogP contribution in [0.15, 0.2) is 75.8 Å². The third-order valence-corrected chi connectivity index (χ3v) is 6.53. The van der Waals surface area contributed by atoms with Crippen molar-refractivity contribution in [3.8, 4) is 0 Å². The van der Waals surface area contributed by atoms with Gasteiger partial charge in [0, 0.05) is 34.2 Å². The molecule has 0 saturated heterocycles. The Morgan fingerprint density at radius 3 is 2.53 bits per heavy atom. The number of ether oxygens (including phenoxy) is 1. The molecule has 1 aliphatic heterocycles. The Hall–Kier alpha value is -2.66. The summed E-state index contributed by atoms with van der Waals surface area (Å²) in [6.45, 7) is 2.09. The molecule has 0 fully saturated rings. The maximum Gasteiger partial charge on any atom is 0.315 e. The average molecular weight is 420 g/mol. The van der Waals surface area contributed by atoms with E-state index in [0.29, 0.717) is 12.0 Å². The lowest BCUT2D eigenvalue weighted by molar-refractivity contribution is -0.148. The van der Waals surface area contributed by atoms with Gasteiger partial charge >= 0.3 is 5.97 Å². The Labute approximate surface area is 181 Å². The molecular weight excluding hydrogens is 394 g/mol. The predicted octanol–water partition coefficient (Wildman–Crippen LogP) is 5.33. The number of carbonyl (C=O) groups is 2. The summed E-state index contributed by atoms with van der Waals surface area (Å²) < 4.78 is 5.69. The second kappa shape index (κ2) is 9.00. The topological polar surface area (TPSA) is 55.7 Å². The van der Waals surface area contributed by atoms with E-state index in [1.807, 2.05) is 67.8 Å². The monoisotopic (exact) mass is 419 g/mol. The Bertz CT molecular complexity index is 1010. The second-order valence-electron chi connectivity index (χ2n) is 7.71. The molecule has 2 aliphatic rings. The molecule has 0 N–H and O–H groups in total. The largest absolute Gasteiger partial charge is 0.460 e. The molecule has 1 unspecified atom stereocenters. The van der Waals surface area contributed by atoms with Gasteiger partial charge in [-0.05, 0) is 49.3 Å². The molecule has 0 spiro atoms. The molecule has 4 rings (SSSR count). The number of nitrogens with zero attached hydrogens (tertiary/aromatic N) is 1. The number of benzene rings is 2. The van der Waals surface area contributed by atoms with Crippen LogP contribution in [0.25, 0.3) is 0 Å². The van der Waals surface area contributed by atoms with Crippen LogP contribution in [0.5, 0.6) is 0 Å². The fourth-order valence-electron chi connectivity index (χ4n) is 4.30. The van der Waals surface area contributed by atoms with E-state index in [4.69, 9.17) is 9.73 Å². The minimum absolute atomic E-state index is 0.104. The molecule has 0 aromatic heterocycles. The molecular formula is C25H25NO3S. The molecule has 2 aromatic carbocycles. The highest BCUT2D eigenvalue weighted by Gasteiger charge is 2.43. The zero-order valence-corrected chi connectivity index (χ0v) is 18.1. The van der Waals surface area contributed by atoms with E-state index in [9.17, 15) is 9.59 Å². The van der Waals surface area contributed by atoms with Gasteiger partial charge in [-0.3, -0.25) is 14.6 Å². The fraction of sp³-hybridized carbons (Fsp3) is 0.320. The average Bonchev–Trinajstić information content (AvgIpc) is 2.77. The molecule has 2 aromatic rings. The quantitative estimate of drug-likeness (QED) is 0.485. The van der Waals surface area contributed by atoms with Crippen molar-refractivity contribution in [2.45, 2.75) is 43.6 Å². The maximum absolute atomic E-state index is 13.2. The van der Waals surface area contributed by atoms with Crippen LogP contribution in [0.4, 0.5) is 0 Å². The number of esters is 1. The molecule has 1 heterocycles. The summed E-state index contributed by atoms with van der Waals surface area (Å²) in [5, 5.41) is 0.